The summed E-state index contributed by atoms with van der Waals surface area (Å²) in [6, 6.07) is 8.76. The van der Waals surface area contributed by atoms with Gasteiger partial charge in [0.15, 0.2) is 5.96 Å². The fourth-order valence-electron chi connectivity index (χ4n) is 3.79. The van der Waals surface area contributed by atoms with Gasteiger partial charge < -0.3 is 10.2 Å². The number of benzene rings is 1. The van der Waals surface area contributed by atoms with E-state index >= 15 is 0 Å². The summed E-state index contributed by atoms with van der Waals surface area (Å²) in [7, 11) is 0. The maximum absolute atomic E-state index is 4.88. The Morgan fingerprint density at radius 2 is 2.18 bits per heavy atom. The van der Waals surface area contributed by atoms with Gasteiger partial charge in [-0.05, 0) is 50.5 Å². The monoisotopic (exact) mass is 299 g/mol. The third-order valence-corrected chi connectivity index (χ3v) is 5.23. The molecule has 0 amide bonds. The van der Waals surface area contributed by atoms with E-state index in [1.807, 2.05) is 0 Å². The minimum absolute atomic E-state index is 0.632. The van der Waals surface area contributed by atoms with E-state index in [2.05, 4.69) is 48.3 Å². The van der Waals surface area contributed by atoms with Crippen molar-refractivity contribution in [2.45, 2.75) is 46.0 Å². The van der Waals surface area contributed by atoms with Crippen LogP contribution in [0.4, 0.5) is 0 Å². The Hall–Kier alpha value is -1.51. The van der Waals surface area contributed by atoms with Crippen LogP contribution in [0.2, 0.25) is 0 Å². The van der Waals surface area contributed by atoms with Gasteiger partial charge in [-0.1, -0.05) is 36.2 Å². The summed E-state index contributed by atoms with van der Waals surface area (Å²) in [4.78, 5) is 7.36. The highest BCUT2D eigenvalue weighted by molar-refractivity contribution is 5.80. The largest absolute Gasteiger partial charge is 0.357 e. The van der Waals surface area contributed by atoms with Crippen molar-refractivity contribution in [2.75, 3.05) is 26.2 Å². The zero-order valence-electron chi connectivity index (χ0n) is 14.1. The molecular weight excluding hydrogens is 270 g/mol. The first-order chi connectivity index (χ1) is 10.7. The molecule has 1 aromatic rings. The number of hydrogen-bond acceptors (Lipinski definition) is 1. The number of aliphatic imine (C=N–C) groups is 1. The van der Waals surface area contributed by atoms with Gasteiger partial charge in [0.2, 0.25) is 0 Å². The summed E-state index contributed by atoms with van der Waals surface area (Å²) in [5.41, 5.74) is 3.35. The second-order valence-corrected chi connectivity index (χ2v) is 7.00. The smallest absolute Gasteiger partial charge is 0.193 e. The number of likely N-dealkylation sites (tertiary alicyclic amines) is 1. The Labute approximate surface area is 134 Å². The average Bonchev–Trinajstić information content (AvgIpc) is 2.92. The van der Waals surface area contributed by atoms with Gasteiger partial charge in [-0.3, -0.25) is 4.99 Å². The molecule has 2 aliphatic rings. The average molecular weight is 299 g/mol. The van der Waals surface area contributed by atoms with Gasteiger partial charge in [-0.2, -0.15) is 0 Å². The molecule has 1 N–H and O–H groups in total. The molecule has 1 aromatic carbocycles. The number of nitrogens with zero attached hydrogens (tertiary/aromatic N) is 2. The normalized spacial score (nSPS) is 20.3. The van der Waals surface area contributed by atoms with Crippen molar-refractivity contribution in [3.8, 4) is 0 Å². The molecule has 0 atom stereocenters. The van der Waals surface area contributed by atoms with Crippen molar-refractivity contribution >= 4 is 5.96 Å². The Kier molecular flexibility index (Phi) is 4.70. The predicted octanol–water partition coefficient (Wildman–Crippen LogP) is 3.38. The number of hydrogen-bond donors (Lipinski definition) is 1. The molecule has 1 heterocycles. The van der Waals surface area contributed by atoms with Crippen molar-refractivity contribution < 1.29 is 0 Å². The first-order valence-corrected chi connectivity index (χ1v) is 8.80. The van der Waals surface area contributed by atoms with E-state index in [1.165, 1.54) is 49.9 Å². The van der Waals surface area contributed by atoms with Gasteiger partial charge in [0.1, 0.15) is 0 Å². The number of guanidine groups is 1. The molecule has 0 unspecified atom stereocenters. The van der Waals surface area contributed by atoms with Gasteiger partial charge in [-0.15, -0.1) is 0 Å². The Bertz CT molecular complexity index is 531. The number of nitrogens with one attached hydrogen (secondary N) is 1. The highest BCUT2D eigenvalue weighted by atomic mass is 15.3. The lowest BCUT2D eigenvalue weighted by atomic mass is 9.68. The quantitative estimate of drug-likeness (QED) is 0.682. The molecule has 1 spiro atoms. The summed E-state index contributed by atoms with van der Waals surface area (Å²) in [5, 5.41) is 3.48. The standard InChI is InChI=1S/C19H29N3/c1-3-20-18(22-13-11-19(15-22)9-5-10-19)21-12-8-17-7-4-6-16(2)14-17/h4,6-7,14H,3,5,8-13,15H2,1-2H3,(H,20,21). The molecular formula is C19H29N3. The maximum Gasteiger partial charge on any atom is 0.193 e. The van der Waals surface area contributed by atoms with Crippen molar-refractivity contribution in [1.29, 1.82) is 0 Å². The van der Waals surface area contributed by atoms with Crippen molar-refractivity contribution in [2.24, 2.45) is 10.4 Å². The van der Waals surface area contributed by atoms with Gasteiger partial charge in [-0.25, -0.2) is 0 Å². The Morgan fingerprint density at radius 3 is 2.82 bits per heavy atom. The van der Waals surface area contributed by atoms with Crippen LogP contribution >= 0.6 is 0 Å². The van der Waals surface area contributed by atoms with Crippen LogP contribution in [0.1, 0.15) is 43.7 Å². The van der Waals surface area contributed by atoms with Gasteiger partial charge in [0.05, 0.1) is 0 Å². The Balaban J connectivity index is 1.58. The van der Waals surface area contributed by atoms with E-state index < -0.39 is 0 Å². The summed E-state index contributed by atoms with van der Waals surface area (Å²) in [6.07, 6.45) is 6.65. The molecule has 3 rings (SSSR count). The minimum Gasteiger partial charge on any atom is -0.357 e. The highest BCUT2D eigenvalue weighted by Crippen LogP contribution is 2.47. The van der Waals surface area contributed by atoms with Gasteiger partial charge in [0, 0.05) is 26.2 Å². The summed E-state index contributed by atoms with van der Waals surface area (Å²) in [6.45, 7) is 8.52. The third-order valence-electron chi connectivity index (χ3n) is 5.23. The van der Waals surface area contributed by atoms with Crippen molar-refractivity contribution in [3.63, 3.8) is 0 Å². The summed E-state index contributed by atoms with van der Waals surface area (Å²) in [5.74, 6) is 1.12. The fraction of sp³-hybridized carbons (Fsp3) is 0.632. The van der Waals surface area contributed by atoms with E-state index in [0.717, 1.165) is 25.5 Å². The van der Waals surface area contributed by atoms with E-state index in [0.29, 0.717) is 5.41 Å². The maximum atomic E-state index is 4.88. The zero-order valence-corrected chi connectivity index (χ0v) is 14.1. The van der Waals surface area contributed by atoms with Crippen LogP contribution in [0.15, 0.2) is 29.3 Å². The SMILES string of the molecule is CCNC(=NCCc1cccc(C)c1)N1CCC2(CCC2)C1. The molecule has 0 bridgehead atoms. The molecule has 1 aliphatic carbocycles. The van der Waals surface area contributed by atoms with Crippen LogP contribution in [0.3, 0.4) is 0 Å². The van der Waals surface area contributed by atoms with Crippen LogP contribution in [0.25, 0.3) is 0 Å². The van der Waals surface area contributed by atoms with E-state index in [1.54, 1.807) is 0 Å². The van der Waals surface area contributed by atoms with Gasteiger partial charge in [0.25, 0.3) is 0 Å². The molecule has 3 heteroatoms. The second kappa shape index (κ2) is 6.72. The predicted molar refractivity (Wildman–Crippen MR) is 93.3 cm³/mol. The van der Waals surface area contributed by atoms with Gasteiger partial charge >= 0.3 is 0 Å². The van der Waals surface area contributed by atoms with Crippen LogP contribution < -0.4 is 5.32 Å². The summed E-state index contributed by atoms with van der Waals surface area (Å²) >= 11 is 0. The molecule has 2 fully saturated rings. The third kappa shape index (κ3) is 3.45. The first-order valence-electron chi connectivity index (χ1n) is 8.80. The number of rotatable bonds is 4. The lowest BCUT2D eigenvalue weighted by Gasteiger charge is -2.38. The van der Waals surface area contributed by atoms with E-state index in [4.69, 9.17) is 4.99 Å². The summed E-state index contributed by atoms with van der Waals surface area (Å²) < 4.78 is 0. The van der Waals surface area contributed by atoms with Crippen LogP contribution in [-0.2, 0) is 6.42 Å². The molecule has 1 saturated carbocycles. The van der Waals surface area contributed by atoms with Crippen LogP contribution in [0, 0.1) is 12.3 Å². The van der Waals surface area contributed by atoms with Crippen LogP contribution in [-0.4, -0.2) is 37.0 Å². The molecule has 1 saturated heterocycles. The van der Waals surface area contributed by atoms with Crippen LogP contribution in [0.5, 0.6) is 0 Å². The highest BCUT2D eigenvalue weighted by Gasteiger charge is 2.43. The van der Waals surface area contributed by atoms with Crippen molar-refractivity contribution in [1.82, 2.24) is 10.2 Å². The lowest BCUT2D eigenvalue weighted by molar-refractivity contribution is 0.151. The molecule has 0 radical (unpaired) electrons. The number of aryl methyl sites for hydroxylation is 1. The fourth-order valence-corrected chi connectivity index (χ4v) is 3.79. The molecule has 1 aliphatic heterocycles. The topological polar surface area (TPSA) is 27.6 Å². The zero-order chi connectivity index (χ0) is 15.4. The second-order valence-electron chi connectivity index (χ2n) is 7.00. The van der Waals surface area contributed by atoms with E-state index in [-0.39, 0.29) is 0 Å². The first kappa shape index (κ1) is 15.4. The Morgan fingerprint density at radius 1 is 1.32 bits per heavy atom. The molecule has 0 aromatic heterocycles. The molecule has 120 valence electrons. The van der Waals surface area contributed by atoms with Crippen molar-refractivity contribution in [3.05, 3.63) is 35.4 Å². The molecule has 22 heavy (non-hydrogen) atoms. The minimum atomic E-state index is 0.632. The lowest BCUT2D eigenvalue weighted by Crippen LogP contribution is -2.42. The van der Waals surface area contributed by atoms with E-state index in [9.17, 15) is 0 Å². The molecule has 3 nitrogen and oxygen atoms in total.